The first-order valence-electron chi connectivity index (χ1n) is 6.27. The first kappa shape index (κ1) is 15.0. The van der Waals surface area contributed by atoms with Gasteiger partial charge in [-0.3, -0.25) is 10.3 Å². The van der Waals surface area contributed by atoms with E-state index in [1.165, 1.54) is 11.3 Å². The van der Waals surface area contributed by atoms with Crippen LogP contribution in [0.3, 0.4) is 0 Å². The van der Waals surface area contributed by atoms with Crippen molar-refractivity contribution < 1.29 is 14.7 Å². The number of thiophene rings is 1. The molecule has 0 atom stereocenters. The van der Waals surface area contributed by atoms with E-state index in [1.807, 2.05) is 13.0 Å². The van der Waals surface area contributed by atoms with Crippen molar-refractivity contribution in [2.24, 2.45) is 0 Å². The Morgan fingerprint density at radius 2 is 2.10 bits per heavy atom. The lowest BCUT2D eigenvalue weighted by molar-refractivity contribution is 0.0697. The number of carbonyl (C=O) groups excluding carboxylic acids is 1. The van der Waals surface area contributed by atoms with Gasteiger partial charge in [0, 0.05) is 11.1 Å². The summed E-state index contributed by atoms with van der Waals surface area (Å²) in [5.41, 5.74) is 1.54. The summed E-state index contributed by atoms with van der Waals surface area (Å²) in [5, 5.41) is 14.8. The minimum absolute atomic E-state index is 0.144. The van der Waals surface area contributed by atoms with E-state index in [-0.39, 0.29) is 12.1 Å². The zero-order valence-electron chi connectivity index (χ0n) is 11.6. The van der Waals surface area contributed by atoms with Crippen molar-refractivity contribution in [2.75, 3.05) is 5.32 Å². The lowest BCUT2D eigenvalue weighted by atomic mass is 10.1. The predicted octanol–water partition coefficient (Wildman–Crippen LogP) is 2.78. The Morgan fingerprint density at radius 3 is 2.71 bits per heavy atom. The van der Waals surface area contributed by atoms with E-state index in [0.29, 0.717) is 10.6 Å². The van der Waals surface area contributed by atoms with Gasteiger partial charge in [0.05, 0.1) is 17.8 Å². The van der Waals surface area contributed by atoms with Gasteiger partial charge in [-0.1, -0.05) is 6.07 Å². The highest BCUT2D eigenvalue weighted by Crippen LogP contribution is 2.32. The largest absolute Gasteiger partial charge is 0.478 e. The number of urea groups is 1. The molecule has 2 rings (SSSR count). The summed E-state index contributed by atoms with van der Waals surface area (Å²) in [5.74, 6) is -1.04. The molecule has 0 aliphatic carbocycles. The molecular weight excluding hydrogens is 290 g/mol. The van der Waals surface area contributed by atoms with E-state index < -0.39 is 12.0 Å². The fraction of sp³-hybridized carbons (Fsp3) is 0.214. The molecule has 7 heteroatoms. The van der Waals surface area contributed by atoms with Gasteiger partial charge >= 0.3 is 12.0 Å². The number of carboxylic acids is 1. The van der Waals surface area contributed by atoms with Crippen molar-refractivity contribution in [2.45, 2.75) is 20.4 Å². The third kappa shape index (κ3) is 3.57. The number of hydrogen-bond acceptors (Lipinski definition) is 4. The fourth-order valence-electron chi connectivity index (χ4n) is 1.79. The second-order valence-corrected chi connectivity index (χ2v) is 5.65. The number of anilines is 1. The van der Waals surface area contributed by atoms with Crippen LogP contribution in [0.4, 0.5) is 9.80 Å². The van der Waals surface area contributed by atoms with E-state index in [0.717, 1.165) is 10.6 Å². The Bertz CT molecular complexity index is 668. The number of pyridine rings is 1. The molecule has 0 aromatic carbocycles. The van der Waals surface area contributed by atoms with Gasteiger partial charge in [-0.2, -0.15) is 0 Å². The van der Waals surface area contributed by atoms with Gasteiger partial charge in [0.1, 0.15) is 5.00 Å². The molecule has 0 bridgehead atoms. The smallest absolute Gasteiger partial charge is 0.338 e. The third-order valence-corrected chi connectivity index (χ3v) is 4.11. The van der Waals surface area contributed by atoms with Crippen LogP contribution < -0.4 is 10.6 Å². The molecule has 21 heavy (non-hydrogen) atoms. The van der Waals surface area contributed by atoms with E-state index in [2.05, 4.69) is 15.6 Å². The van der Waals surface area contributed by atoms with Crippen LogP contribution in [0, 0.1) is 13.8 Å². The molecule has 3 N–H and O–H groups in total. The Balaban J connectivity index is 2.03. The van der Waals surface area contributed by atoms with Crippen LogP contribution in [0.25, 0.3) is 0 Å². The van der Waals surface area contributed by atoms with E-state index >= 15 is 0 Å². The molecule has 0 aliphatic rings. The number of aromatic nitrogens is 1. The van der Waals surface area contributed by atoms with Crippen LogP contribution in [-0.2, 0) is 6.54 Å². The van der Waals surface area contributed by atoms with Crippen LogP contribution >= 0.6 is 11.3 Å². The number of nitrogens with zero attached hydrogens (tertiary/aromatic N) is 1. The zero-order chi connectivity index (χ0) is 15.4. The van der Waals surface area contributed by atoms with Gasteiger partial charge in [0.2, 0.25) is 0 Å². The lowest BCUT2D eigenvalue weighted by Crippen LogP contribution is -2.28. The summed E-state index contributed by atoms with van der Waals surface area (Å²) in [6.07, 6.45) is 1.64. The number of hydrogen-bond donors (Lipinski definition) is 3. The summed E-state index contributed by atoms with van der Waals surface area (Å²) in [4.78, 5) is 28.0. The van der Waals surface area contributed by atoms with Crippen LogP contribution in [0.1, 0.15) is 26.5 Å². The van der Waals surface area contributed by atoms with Crippen molar-refractivity contribution in [3.8, 4) is 0 Å². The van der Waals surface area contributed by atoms with E-state index in [4.69, 9.17) is 0 Å². The monoisotopic (exact) mass is 305 g/mol. The van der Waals surface area contributed by atoms with Crippen LogP contribution in [-0.4, -0.2) is 22.1 Å². The number of carboxylic acid groups (broad SMARTS) is 1. The molecule has 110 valence electrons. The quantitative estimate of drug-likeness (QED) is 0.810. The van der Waals surface area contributed by atoms with Crippen molar-refractivity contribution in [3.05, 3.63) is 46.1 Å². The minimum Gasteiger partial charge on any atom is -0.478 e. The molecule has 2 aromatic heterocycles. The lowest BCUT2D eigenvalue weighted by Gasteiger charge is -2.06. The molecule has 0 radical (unpaired) electrons. The average molecular weight is 305 g/mol. The molecule has 2 heterocycles. The maximum atomic E-state index is 11.8. The molecular formula is C14H15N3O3S. The van der Waals surface area contributed by atoms with E-state index in [9.17, 15) is 14.7 Å². The molecule has 0 unspecified atom stereocenters. The highest BCUT2D eigenvalue weighted by molar-refractivity contribution is 7.16. The molecule has 2 amide bonds. The molecule has 0 saturated heterocycles. The second kappa shape index (κ2) is 6.36. The molecule has 0 aliphatic heterocycles. The number of rotatable bonds is 4. The van der Waals surface area contributed by atoms with Gasteiger partial charge in [-0.25, -0.2) is 9.59 Å². The van der Waals surface area contributed by atoms with Crippen LogP contribution in [0.15, 0.2) is 24.4 Å². The fourth-order valence-corrected chi connectivity index (χ4v) is 2.84. The van der Waals surface area contributed by atoms with Gasteiger partial charge in [0.15, 0.2) is 0 Å². The van der Waals surface area contributed by atoms with Crippen molar-refractivity contribution in [3.63, 3.8) is 0 Å². The highest BCUT2D eigenvalue weighted by Gasteiger charge is 2.20. The summed E-state index contributed by atoms with van der Waals surface area (Å²) < 4.78 is 0. The Hall–Kier alpha value is -2.41. The van der Waals surface area contributed by atoms with Gasteiger partial charge in [0.25, 0.3) is 0 Å². The number of carbonyl (C=O) groups is 2. The van der Waals surface area contributed by atoms with Gasteiger partial charge in [-0.15, -0.1) is 11.3 Å². The predicted molar refractivity (Wildman–Crippen MR) is 80.8 cm³/mol. The van der Waals surface area contributed by atoms with Gasteiger partial charge < -0.3 is 10.4 Å². The van der Waals surface area contributed by atoms with Crippen molar-refractivity contribution in [1.82, 2.24) is 10.3 Å². The van der Waals surface area contributed by atoms with E-state index in [1.54, 1.807) is 25.3 Å². The van der Waals surface area contributed by atoms with Gasteiger partial charge in [-0.05, 0) is 31.5 Å². The number of nitrogens with one attached hydrogen (secondary N) is 2. The molecule has 0 spiro atoms. The van der Waals surface area contributed by atoms with Crippen LogP contribution in [0.2, 0.25) is 0 Å². The second-order valence-electron chi connectivity index (χ2n) is 4.42. The van der Waals surface area contributed by atoms with Crippen LogP contribution in [0.5, 0.6) is 0 Å². The Labute approximate surface area is 125 Å². The average Bonchev–Trinajstić information content (AvgIpc) is 2.72. The maximum absolute atomic E-state index is 11.8. The van der Waals surface area contributed by atoms with Crippen molar-refractivity contribution >= 4 is 28.3 Å². The summed E-state index contributed by atoms with van der Waals surface area (Å²) in [7, 11) is 0. The highest BCUT2D eigenvalue weighted by atomic mass is 32.1. The summed E-state index contributed by atoms with van der Waals surface area (Å²) in [6.45, 7) is 3.83. The molecule has 6 nitrogen and oxygen atoms in total. The summed E-state index contributed by atoms with van der Waals surface area (Å²) in [6, 6.07) is 4.96. The maximum Gasteiger partial charge on any atom is 0.338 e. The number of aromatic carboxylic acids is 1. The molecule has 2 aromatic rings. The first-order valence-corrected chi connectivity index (χ1v) is 7.08. The molecule has 0 saturated carbocycles. The Kier molecular flexibility index (Phi) is 4.54. The third-order valence-electron chi connectivity index (χ3n) is 2.98. The topological polar surface area (TPSA) is 91.3 Å². The standard InChI is InChI=1S/C14H15N3O3S/c1-8-9(2)21-12(11(8)13(18)19)17-14(20)16-7-10-5-3-4-6-15-10/h3-6H,7H2,1-2H3,(H,18,19)(H2,16,17,20). The zero-order valence-corrected chi connectivity index (χ0v) is 12.5. The van der Waals surface area contributed by atoms with Crippen molar-refractivity contribution in [1.29, 1.82) is 0 Å². The number of amides is 2. The normalized spacial score (nSPS) is 10.2. The number of aryl methyl sites for hydroxylation is 1. The molecule has 0 fully saturated rings. The Morgan fingerprint density at radius 1 is 1.33 bits per heavy atom. The SMILES string of the molecule is Cc1sc(NC(=O)NCc2ccccn2)c(C(=O)O)c1C. The summed E-state index contributed by atoms with van der Waals surface area (Å²) >= 11 is 1.25. The minimum atomic E-state index is -1.04. The first-order chi connectivity index (χ1) is 9.99.